The lowest BCUT2D eigenvalue weighted by molar-refractivity contribution is -0.149. The van der Waals surface area contributed by atoms with Gasteiger partial charge in [-0.1, -0.05) is 25.1 Å². The topological polar surface area (TPSA) is 77.3 Å². The van der Waals surface area contributed by atoms with Gasteiger partial charge in [0.05, 0.1) is 46.9 Å². The van der Waals surface area contributed by atoms with Gasteiger partial charge >= 0.3 is 0 Å². The van der Waals surface area contributed by atoms with E-state index < -0.39 is 40.2 Å². The molecule has 0 spiro atoms. The first-order chi connectivity index (χ1) is 18.6. The molecule has 0 aliphatic carbocycles. The van der Waals surface area contributed by atoms with Gasteiger partial charge in [-0.3, -0.25) is 14.2 Å². The second-order valence-electron chi connectivity index (χ2n) is 10.6. The minimum absolute atomic E-state index is 0.0251. The normalized spacial score (nSPS) is 20.7. The van der Waals surface area contributed by atoms with Gasteiger partial charge in [-0.25, -0.2) is 23.1 Å². The highest BCUT2D eigenvalue weighted by molar-refractivity contribution is 6.58. The monoisotopic (exact) mass is 546 g/mol. The van der Waals surface area contributed by atoms with Crippen molar-refractivity contribution in [1.29, 1.82) is 0 Å². The number of aryl methyl sites for hydroxylation is 1. The largest absolute Gasteiger partial charge is 0.390 e. The predicted molar refractivity (Wildman–Crippen MR) is 147 cm³/mol. The predicted octanol–water partition coefficient (Wildman–Crippen LogP) is 3.11. The van der Waals surface area contributed by atoms with Gasteiger partial charge in [0.25, 0.3) is 12.0 Å². The van der Waals surface area contributed by atoms with Crippen LogP contribution in [0.1, 0.15) is 68.3 Å². The molecule has 1 aromatic carbocycles. The van der Waals surface area contributed by atoms with Gasteiger partial charge in [0.2, 0.25) is 5.91 Å². The highest BCUT2D eigenvalue weighted by Gasteiger charge is 2.45. The second-order valence-corrected chi connectivity index (χ2v) is 10.6. The first kappa shape index (κ1) is 29.9. The lowest BCUT2D eigenvalue weighted by Gasteiger charge is -2.49. The zero-order chi connectivity index (χ0) is 29.6. The van der Waals surface area contributed by atoms with Crippen molar-refractivity contribution in [3.63, 3.8) is 0 Å². The highest BCUT2D eigenvalue weighted by atomic mass is 19.3. The van der Waals surface area contributed by atoms with E-state index in [4.69, 9.17) is 28.3 Å². The average Bonchev–Trinajstić information content (AvgIpc) is 2.86. The first-order valence-corrected chi connectivity index (χ1v) is 12.9. The van der Waals surface area contributed by atoms with Gasteiger partial charge in [0.15, 0.2) is 0 Å². The number of hydrogen-bond acceptors (Lipinski definition) is 5. The quantitative estimate of drug-likeness (QED) is 0.426. The summed E-state index contributed by atoms with van der Waals surface area (Å²) in [7, 11) is 19.1. The van der Waals surface area contributed by atoms with Crippen molar-refractivity contribution in [3.05, 3.63) is 69.1 Å². The maximum absolute atomic E-state index is 14.9. The zero-order valence-corrected chi connectivity index (χ0v) is 22.8. The van der Waals surface area contributed by atoms with Crippen molar-refractivity contribution >= 4 is 40.5 Å². The minimum atomic E-state index is -2.95. The Morgan fingerprint density at radius 2 is 1.93 bits per heavy atom. The van der Waals surface area contributed by atoms with E-state index in [1.165, 1.54) is 37.0 Å². The summed E-state index contributed by atoms with van der Waals surface area (Å²) in [6.07, 6.45) is -0.748. The number of fused-ring (bicyclic) bond motifs is 1. The number of alkyl halides is 2. The lowest BCUT2D eigenvalue weighted by Crippen LogP contribution is -2.58. The molecule has 204 valence electrons. The maximum atomic E-state index is 14.9. The van der Waals surface area contributed by atoms with Gasteiger partial charge in [-0.05, 0) is 49.0 Å². The number of pyridine rings is 1. The fraction of sp³-hybridized carbons (Fsp3) is 0.481. The van der Waals surface area contributed by atoms with Gasteiger partial charge < -0.3 is 9.64 Å². The van der Waals surface area contributed by atoms with E-state index in [1.54, 1.807) is 17.9 Å². The van der Waals surface area contributed by atoms with E-state index in [0.717, 1.165) is 6.07 Å². The van der Waals surface area contributed by atoms with E-state index in [-0.39, 0.29) is 42.5 Å². The minimum Gasteiger partial charge on any atom is -0.390 e. The molecule has 4 rings (SSSR count). The third-order valence-corrected chi connectivity index (χ3v) is 7.60. The molecule has 3 heterocycles. The van der Waals surface area contributed by atoms with Crippen LogP contribution in [0.15, 0.2) is 35.4 Å². The fourth-order valence-corrected chi connectivity index (χ4v) is 5.55. The molecule has 0 bridgehead atoms. The number of likely N-dealkylation sites (tertiary alicyclic amines) is 1. The highest BCUT2D eigenvalue weighted by Crippen LogP contribution is 2.39. The lowest BCUT2D eigenvalue weighted by atomic mass is 9.52. The van der Waals surface area contributed by atoms with E-state index in [9.17, 15) is 22.8 Å². The number of ether oxygens (including phenoxy) is 1. The van der Waals surface area contributed by atoms with Crippen LogP contribution in [0.3, 0.4) is 0 Å². The molecule has 1 aliphatic rings. The molecule has 0 N–H and O–H groups in total. The van der Waals surface area contributed by atoms with Crippen molar-refractivity contribution < 1.29 is 22.7 Å². The van der Waals surface area contributed by atoms with Crippen LogP contribution >= 0.6 is 0 Å². The van der Waals surface area contributed by atoms with E-state index in [0.29, 0.717) is 23.1 Å². The summed E-state index contributed by atoms with van der Waals surface area (Å²) in [5.41, 5.74) is -1.55. The number of carbonyl (C=O) groups excluding carboxylic acids is 1. The average molecular weight is 546 g/mol. The SMILES string of the molecule is [B]C([B])([B])OC1(c2cc3c(C[C@H](C)c4cccc(C(F)F)c4F)ncnc3n(C)c2=O)CC[C@@H](C)N(C(C)=O)C1. The molecular weight excluding hydrogens is 518 g/mol. The summed E-state index contributed by atoms with van der Waals surface area (Å²) in [5, 5.41) is -1.66. The molecule has 1 unspecified atom stereocenters. The summed E-state index contributed by atoms with van der Waals surface area (Å²) in [5.74, 6) is -1.73. The molecule has 3 atom stereocenters. The van der Waals surface area contributed by atoms with Gasteiger partial charge in [0, 0.05) is 25.4 Å². The molecule has 40 heavy (non-hydrogen) atoms. The van der Waals surface area contributed by atoms with E-state index in [2.05, 4.69) is 9.97 Å². The molecular formula is C27H28B3F3N4O3. The van der Waals surface area contributed by atoms with Crippen LogP contribution in [-0.2, 0) is 28.6 Å². The number of nitrogens with zero attached hydrogens (tertiary/aromatic N) is 4. The van der Waals surface area contributed by atoms with Crippen LogP contribution in [-0.4, -0.2) is 66.8 Å². The second kappa shape index (κ2) is 11.1. The number of halogens is 3. The van der Waals surface area contributed by atoms with Crippen molar-refractivity contribution in [2.45, 2.75) is 69.3 Å². The molecule has 0 saturated carbocycles. The Hall–Kier alpha value is -3.08. The van der Waals surface area contributed by atoms with Crippen LogP contribution in [0.5, 0.6) is 0 Å². The molecule has 1 fully saturated rings. The van der Waals surface area contributed by atoms with Crippen LogP contribution < -0.4 is 5.56 Å². The smallest absolute Gasteiger partial charge is 0.266 e. The number of rotatable bonds is 7. The Morgan fingerprint density at radius 3 is 2.55 bits per heavy atom. The number of carbonyl (C=O) groups is 1. The third-order valence-electron chi connectivity index (χ3n) is 7.60. The Morgan fingerprint density at radius 1 is 1.25 bits per heavy atom. The third kappa shape index (κ3) is 5.71. The molecule has 13 heteroatoms. The van der Waals surface area contributed by atoms with E-state index >= 15 is 0 Å². The Bertz CT molecular complexity index is 1500. The zero-order valence-electron chi connectivity index (χ0n) is 22.8. The van der Waals surface area contributed by atoms with Crippen molar-refractivity contribution in [2.75, 3.05) is 6.54 Å². The number of hydrogen-bond donors (Lipinski definition) is 0. The Labute approximate surface area is 234 Å². The van der Waals surface area contributed by atoms with Crippen molar-refractivity contribution in [1.82, 2.24) is 19.4 Å². The number of benzene rings is 1. The molecule has 6 radical (unpaired) electrons. The molecule has 1 aliphatic heterocycles. The van der Waals surface area contributed by atoms with Crippen LogP contribution in [0.25, 0.3) is 11.0 Å². The van der Waals surface area contributed by atoms with Crippen LogP contribution in [0, 0.1) is 5.82 Å². The Balaban J connectivity index is 1.87. The molecule has 2 aromatic heterocycles. The molecule has 3 aromatic rings. The molecule has 1 saturated heterocycles. The van der Waals surface area contributed by atoms with E-state index in [1.807, 2.05) is 6.92 Å². The van der Waals surface area contributed by atoms with Crippen LogP contribution in [0.4, 0.5) is 13.2 Å². The standard InChI is InChI=1S/C27H28B3F3N4O3/c1-14(17-6-5-7-18(22(17)31)23(32)33)10-21-19-11-20(25(39)36(4)24(19)35-13-34-21)26(40-27(28,29)30)9-8-15(2)37(12-26)16(3)38/h5-7,11,13-15,23H,8-10,12H2,1-4H3/t14-,15+,26?/m0/s1. The number of piperidine rings is 1. The van der Waals surface area contributed by atoms with Crippen LogP contribution in [0.2, 0.25) is 0 Å². The summed E-state index contributed by atoms with van der Waals surface area (Å²) in [6, 6.07) is 5.36. The number of amides is 1. The number of aromatic nitrogens is 3. The summed E-state index contributed by atoms with van der Waals surface area (Å²) < 4.78 is 48.8. The van der Waals surface area contributed by atoms with Crippen molar-refractivity contribution in [2.24, 2.45) is 7.05 Å². The Kier molecular flexibility index (Phi) is 8.27. The fourth-order valence-electron chi connectivity index (χ4n) is 5.55. The van der Waals surface area contributed by atoms with Gasteiger partial charge in [0.1, 0.15) is 23.4 Å². The summed E-state index contributed by atoms with van der Waals surface area (Å²) >= 11 is 0. The van der Waals surface area contributed by atoms with Gasteiger partial charge in [-0.2, -0.15) is 0 Å². The summed E-state index contributed by atoms with van der Waals surface area (Å²) in [4.78, 5) is 36.4. The first-order valence-electron chi connectivity index (χ1n) is 12.9. The maximum Gasteiger partial charge on any atom is 0.266 e. The van der Waals surface area contributed by atoms with Gasteiger partial charge in [-0.15, -0.1) is 0 Å². The van der Waals surface area contributed by atoms with Crippen molar-refractivity contribution in [3.8, 4) is 0 Å². The molecule has 7 nitrogen and oxygen atoms in total. The molecule has 1 amide bonds. The summed E-state index contributed by atoms with van der Waals surface area (Å²) in [6.45, 7) is 4.98.